The zero-order chi connectivity index (χ0) is 13.4. The van der Waals surface area contributed by atoms with E-state index in [9.17, 15) is 9.59 Å². The van der Waals surface area contributed by atoms with Crippen LogP contribution < -0.4 is 5.32 Å². The third-order valence-electron chi connectivity index (χ3n) is 3.90. The summed E-state index contributed by atoms with van der Waals surface area (Å²) in [7, 11) is 1.94. The third kappa shape index (κ3) is 2.05. The molecule has 2 heterocycles. The highest BCUT2D eigenvalue weighted by atomic mass is 16.2. The molecular weight excluding hydrogens is 242 g/mol. The van der Waals surface area contributed by atoms with Crippen LogP contribution in [0.2, 0.25) is 0 Å². The second-order valence-corrected chi connectivity index (χ2v) is 5.08. The fourth-order valence-corrected chi connectivity index (χ4v) is 2.76. The number of hydrogen-bond acceptors (Lipinski definition) is 4. The lowest BCUT2D eigenvalue weighted by atomic mass is 10.1. The van der Waals surface area contributed by atoms with E-state index >= 15 is 0 Å². The molecule has 19 heavy (non-hydrogen) atoms. The maximum atomic E-state index is 12.2. The van der Waals surface area contributed by atoms with Gasteiger partial charge in [0.05, 0.1) is 17.8 Å². The summed E-state index contributed by atoms with van der Waals surface area (Å²) in [5.74, 6) is -0.345. The van der Waals surface area contributed by atoms with Crippen molar-refractivity contribution in [2.45, 2.75) is 12.5 Å². The second-order valence-electron chi connectivity index (χ2n) is 5.08. The van der Waals surface area contributed by atoms with Gasteiger partial charge in [0.2, 0.25) is 0 Å². The van der Waals surface area contributed by atoms with Crippen LogP contribution >= 0.6 is 0 Å². The number of likely N-dealkylation sites (N-methyl/N-ethyl adjacent to an activating group) is 1. The van der Waals surface area contributed by atoms with E-state index < -0.39 is 0 Å². The van der Waals surface area contributed by atoms with Gasteiger partial charge in [0.1, 0.15) is 0 Å². The molecule has 0 radical (unpaired) electrons. The molecule has 2 amide bonds. The van der Waals surface area contributed by atoms with E-state index in [1.165, 1.54) is 4.90 Å². The van der Waals surface area contributed by atoms with Crippen LogP contribution in [0.4, 0.5) is 0 Å². The van der Waals surface area contributed by atoms with Crippen molar-refractivity contribution in [2.24, 2.45) is 0 Å². The summed E-state index contributed by atoms with van der Waals surface area (Å²) in [6, 6.07) is 7.47. The topological polar surface area (TPSA) is 52.6 Å². The third-order valence-corrected chi connectivity index (χ3v) is 3.90. The highest BCUT2D eigenvalue weighted by Gasteiger charge is 2.36. The molecule has 0 saturated carbocycles. The summed E-state index contributed by atoms with van der Waals surface area (Å²) in [5, 5.41) is 3.23. The first-order valence-electron chi connectivity index (χ1n) is 6.55. The summed E-state index contributed by atoms with van der Waals surface area (Å²) in [6.45, 7) is 2.19. The molecular formula is C14H17N3O2. The number of carbonyl (C=O) groups is 2. The van der Waals surface area contributed by atoms with Gasteiger partial charge in [-0.1, -0.05) is 12.1 Å². The van der Waals surface area contributed by atoms with E-state index in [4.69, 9.17) is 0 Å². The van der Waals surface area contributed by atoms with Crippen molar-refractivity contribution in [3.05, 3.63) is 35.4 Å². The number of fused-ring (bicyclic) bond motifs is 1. The number of likely N-dealkylation sites (tertiary alicyclic amines) is 1. The average Bonchev–Trinajstić information content (AvgIpc) is 2.99. The molecule has 1 atom stereocenters. The van der Waals surface area contributed by atoms with E-state index in [1.54, 1.807) is 24.3 Å². The van der Waals surface area contributed by atoms with Crippen molar-refractivity contribution in [1.29, 1.82) is 0 Å². The number of rotatable bonds is 3. The molecule has 2 aliphatic heterocycles. The van der Waals surface area contributed by atoms with Gasteiger partial charge in [0.15, 0.2) is 0 Å². The molecule has 1 unspecified atom stereocenters. The van der Waals surface area contributed by atoms with Crippen molar-refractivity contribution in [1.82, 2.24) is 15.1 Å². The Balaban J connectivity index is 1.74. The van der Waals surface area contributed by atoms with E-state index in [0.717, 1.165) is 19.5 Å². The van der Waals surface area contributed by atoms with Gasteiger partial charge in [-0.15, -0.1) is 0 Å². The van der Waals surface area contributed by atoms with Crippen LogP contribution in [0.3, 0.4) is 0 Å². The van der Waals surface area contributed by atoms with Crippen LogP contribution in [0.5, 0.6) is 0 Å². The molecule has 1 aromatic rings. The van der Waals surface area contributed by atoms with Crippen molar-refractivity contribution in [3.8, 4) is 0 Å². The van der Waals surface area contributed by atoms with Crippen LogP contribution in [-0.2, 0) is 0 Å². The number of imide groups is 1. The molecule has 0 bridgehead atoms. The summed E-state index contributed by atoms with van der Waals surface area (Å²) in [4.78, 5) is 27.9. The van der Waals surface area contributed by atoms with E-state index in [-0.39, 0.29) is 11.8 Å². The minimum Gasteiger partial charge on any atom is -0.316 e. The molecule has 0 aromatic heterocycles. The number of benzene rings is 1. The van der Waals surface area contributed by atoms with E-state index in [0.29, 0.717) is 23.8 Å². The smallest absolute Gasteiger partial charge is 0.262 e. The lowest BCUT2D eigenvalue weighted by Gasteiger charge is -2.22. The molecule has 0 spiro atoms. The Labute approximate surface area is 112 Å². The molecule has 3 rings (SSSR count). The minimum atomic E-state index is -0.173. The highest BCUT2D eigenvalue weighted by Crippen LogP contribution is 2.23. The van der Waals surface area contributed by atoms with Gasteiger partial charge in [-0.25, -0.2) is 0 Å². The van der Waals surface area contributed by atoms with Gasteiger partial charge in [-0.3, -0.25) is 19.4 Å². The van der Waals surface area contributed by atoms with Gasteiger partial charge in [0, 0.05) is 19.1 Å². The maximum absolute atomic E-state index is 12.2. The molecule has 100 valence electrons. The number of amides is 2. The lowest BCUT2D eigenvalue weighted by Crippen LogP contribution is -2.41. The van der Waals surface area contributed by atoms with E-state index in [2.05, 4.69) is 10.2 Å². The number of nitrogens with one attached hydrogen (secondary N) is 1. The average molecular weight is 259 g/mol. The van der Waals surface area contributed by atoms with Gasteiger partial charge in [0.25, 0.3) is 11.8 Å². The van der Waals surface area contributed by atoms with Crippen LogP contribution in [-0.4, -0.2) is 54.5 Å². The summed E-state index contributed by atoms with van der Waals surface area (Å²) in [6.07, 6.45) is 1.06. The lowest BCUT2D eigenvalue weighted by molar-refractivity contribution is 0.0562. The minimum absolute atomic E-state index is 0.173. The van der Waals surface area contributed by atoms with Crippen molar-refractivity contribution in [2.75, 3.05) is 26.8 Å². The number of carbonyl (C=O) groups excluding carboxylic acids is 2. The number of hydrogen-bond donors (Lipinski definition) is 1. The zero-order valence-corrected chi connectivity index (χ0v) is 10.9. The largest absolute Gasteiger partial charge is 0.316 e. The van der Waals surface area contributed by atoms with Crippen LogP contribution in [0.15, 0.2) is 24.3 Å². The second kappa shape index (κ2) is 4.75. The predicted molar refractivity (Wildman–Crippen MR) is 70.8 cm³/mol. The molecule has 1 saturated heterocycles. The van der Waals surface area contributed by atoms with E-state index in [1.807, 2.05) is 7.05 Å². The van der Waals surface area contributed by atoms with Crippen LogP contribution in [0.25, 0.3) is 0 Å². The Kier molecular flexibility index (Phi) is 3.08. The maximum Gasteiger partial charge on any atom is 0.262 e. The quantitative estimate of drug-likeness (QED) is 0.805. The SMILES string of the molecule is CNC1CCN(CN2C(=O)c3ccccc3C2=O)C1. The first-order valence-corrected chi connectivity index (χ1v) is 6.55. The predicted octanol–water partition coefficient (Wildman–Crippen LogP) is 0.534. The molecule has 1 aromatic carbocycles. The van der Waals surface area contributed by atoms with Gasteiger partial charge in [-0.2, -0.15) is 0 Å². The first kappa shape index (κ1) is 12.3. The Morgan fingerprint density at radius 1 is 1.21 bits per heavy atom. The normalized spacial score (nSPS) is 23.2. The Bertz CT molecular complexity index is 494. The van der Waals surface area contributed by atoms with Gasteiger partial charge < -0.3 is 5.32 Å². The Morgan fingerprint density at radius 3 is 2.37 bits per heavy atom. The first-order chi connectivity index (χ1) is 9.20. The summed E-state index contributed by atoms with van der Waals surface area (Å²) in [5.41, 5.74) is 1.05. The monoisotopic (exact) mass is 259 g/mol. The fourth-order valence-electron chi connectivity index (χ4n) is 2.76. The van der Waals surface area contributed by atoms with Crippen LogP contribution in [0, 0.1) is 0 Å². The molecule has 1 fully saturated rings. The van der Waals surface area contributed by atoms with Crippen LogP contribution in [0.1, 0.15) is 27.1 Å². The summed E-state index contributed by atoms with van der Waals surface area (Å²) >= 11 is 0. The zero-order valence-electron chi connectivity index (χ0n) is 10.9. The summed E-state index contributed by atoms with van der Waals surface area (Å²) < 4.78 is 0. The highest BCUT2D eigenvalue weighted by molar-refractivity contribution is 6.21. The van der Waals surface area contributed by atoms with Gasteiger partial charge in [-0.05, 0) is 25.6 Å². The fraction of sp³-hybridized carbons (Fsp3) is 0.429. The molecule has 0 aliphatic carbocycles. The molecule has 5 heteroatoms. The Hall–Kier alpha value is -1.72. The van der Waals surface area contributed by atoms with Crippen molar-refractivity contribution in [3.63, 3.8) is 0 Å². The number of nitrogens with zero attached hydrogens (tertiary/aromatic N) is 2. The molecule has 5 nitrogen and oxygen atoms in total. The molecule has 2 aliphatic rings. The van der Waals surface area contributed by atoms with Gasteiger partial charge >= 0.3 is 0 Å². The van der Waals surface area contributed by atoms with Crippen molar-refractivity contribution < 1.29 is 9.59 Å². The van der Waals surface area contributed by atoms with Crippen molar-refractivity contribution >= 4 is 11.8 Å². The molecule has 1 N–H and O–H groups in total. The Morgan fingerprint density at radius 2 is 1.84 bits per heavy atom. The standard InChI is InChI=1S/C14H17N3O2/c1-15-10-6-7-16(8-10)9-17-13(18)11-4-2-3-5-12(11)14(17)19/h2-5,10,15H,6-9H2,1H3.